The average molecular weight is 208 g/mol. The Labute approximate surface area is 88.9 Å². The minimum Gasteiger partial charge on any atom is -0.388 e. The minimum atomic E-state index is -0.603. The first-order valence-corrected chi connectivity index (χ1v) is 5.09. The van der Waals surface area contributed by atoms with E-state index in [9.17, 15) is 5.11 Å². The van der Waals surface area contributed by atoms with Gasteiger partial charge in [-0.25, -0.2) is 4.98 Å². The number of rotatable bonds is 2. The molecule has 1 aliphatic heterocycles. The van der Waals surface area contributed by atoms with Crippen LogP contribution in [0, 0.1) is 0 Å². The molecule has 0 bridgehead atoms. The molecular formula is C10H16N4O. The maximum atomic E-state index is 9.82. The van der Waals surface area contributed by atoms with Crippen molar-refractivity contribution >= 4 is 5.82 Å². The van der Waals surface area contributed by atoms with E-state index in [2.05, 4.69) is 9.97 Å². The lowest BCUT2D eigenvalue weighted by Crippen LogP contribution is -2.30. The third kappa shape index (κ3) is 2.24. The van der Waals surface area contributed by atoms with Crippen molar-refractivity contribution in [1.29, 1.82) is 0 Å². The van der Waals surface area contributed by atoms with Crippen molar-refractivity contribution < 1.29 is 5.11 Å². The van der Waals surface area contributed by atoms with Crippen LogP contribution in [0.2, 0.25) is 0 Å². The lowest BCUT2D eigenvalue weighted by Gasteiger charge is -2.19. The predicted octanol–water partition coefficient (Wildman–Crippen LogP) is -0.104. The lowest BCUT2D eigenvalue weighted by atomic mass is 10.1. The molecule has 1 saturated heterocycles. The molecule has 1 atom stereocenters. The SMILES string of the molecule is CC1(O)CCN(c2cnc(CN)cn2)C1. The third-order valence-corrected chi connectivity index (χ3v) is 2.68. The van der Waals surface area contributed by atoms with Crippen molar-refractivity contribution in [3.8, 4) is 0 Å². The average Bonchev–Trinajstić information content (AvgIpc) is 2.59. The zero-order chi connectivity index (χ0) is 10.9. The molecule has 1 aromatic rings. The Morgan fingerprint density at radius 2 is 2.33 bits per heavy atom. The molecule has 1 aliphatic rings. The van der Waals surface area contributed by atoms with E-state index in [-0.39, 0.29) is 0 Å². The summed E-state index contributed by atoms with van der Waals surface area (Å²) in [5, 5.41) is 9.82. The van der Waals surface area contributed by atoms with Gasteiger partial charge in [0, 0.05) is 19.6 Å². The number of hydrogen-bond donors (Lipinski definition) is 2. The van der Waals surface area contributed by atoms with Crippen LogP contribution in [-0.2, 0) is 6.54 Å². The van der Waals surface area contributed by atoms with Crippen LogP contribution >= 0.6 is 0 Å². The second-order valence-corrected chi connectivity index (χ2v) is 4.24. The molecule has 2 rings (SSSR count). The van der Waals surface area contributed by atoms with Gasteiger partial charge in [0.05, 0.1) is 23.7 Å². The highest BCUT2D eigenvalue weighted by atomic mass is 16.3. The Kier molecular flexibility index (Phi) is 2.58. The summed E-state index contributed by atoms with van der Waals surface area (Å²) in [7, 11) is 0. The molecule has 0 aliphatic carbocycles. The highest BCUT2D eigenvalue weighted by molar-refractivity contribution is 5.38. The summed E-state index contributed by atoms with van der Waals surface area (Å²) in [5.41, 5.74) is 5.62. The van der Waals surface area contributed by atoms with Crippen molar-refractivity contribution in [3.63, 3.8) is 0 Å². The molecule has 0 amide bonds. The highest BCUT2D eigenvalue weighted by Gasteiger charge is 2.31. The number of aromatic nitrogens is 2. The number of aliphatic hydroxyl groups is 1. The first kappa shape index (κ1) is 10.3. The summed E-state index contributed by atoms with van der Waals surface area (Å²) in [5.74, 6) is 0.810. The van der Waals surface area contributed by atoms with E-state index in [1.54, 1.807) is 12.4 Å². The molecule has 0 spiro atoms. The van der Waals surface area contributed by atoms with Crippen LogP contribution in [-0.4, -0.2) is 33.8 Å². The standard InChI is InChI=1S/C10H16N4O/c1-10(15)2-3-14(7-10)9-6-12-8(4-11)5-13-9/h5-6,15H,2-4,7,11H2,1H3. The van der Waals surface area contributed by atoms with Gasteiger partial charge in [-0.2, -0.15) is 0 Å². The molecule has 5 nitrogen and oxygen atoms in total. The monoisotopic (exact) mass is 208 g/mol. The summed E-state index contributed by atoms with van der Waals surface area (Å²) < 4.78 is 0. The molecule has 82 valence electrons. The molecule has 1 fully saturated rings. The van der Waals surface area contributed by atoms with Gasteiger partial charge in [-0.3, -0.25) is 4.98 Å². The summed E-state index contributed by atoms with van der Waals surface area (Å²) in [6.07, 6.45) is 4.17. The normalized spacial score (nSPS) is 25.9. The zero-order valence-electron chi connectivity index (χ0n) is 8.85. The first-order valence-electron chi connectivity index (χ1n) is 5.09. The highest BCUT2D eigenvalue weighted by Crippen LogP contribution is 2.24. The second-order valence-electron chi connectivity index (χ2n) is 4.24. The lowest BCUT2D eigenvalue weighted by molar-refractivity contribution is 0.0839. The van der Waals surface area contributed by atoms with Crippen LogP contribution in [0.1, 0.15) is 19.0 Å². The van der Waals surface area contributed by atoms with Crippen molar-refractivity contribution in [1.82, 2.24) is 9.97 Å². The van der Waals surface area contributed by atoms with Crippen LogP contribution in [0.5, 0.6) is 0 Å². The van der Waals surface area contributed by atoms with Gasteiger partial charge in [-0.1, -0.05) is 0 Å². The van der Waals surface area contributed by atoms with Crippen LogP contribution in [0.25, 0.3) is 0 Å². The van der Waals surface area contributed by atoms with E-state index in [1.807, 2.05) is 11.8 Å². The van der Waals surface area contributed by atoms with Gasteiger partial charge in [0.2, 0.25) is 0 Å². The summed E-state index contributed by atoms with van der Waals surface area (Å²) in [6.45, 7) is 3.69. The van der Waals surface area contributed by atoms with Crippen molar-refractivity contribution in [2.24, 2.45) is 5.73 Å². The Morgan fingerprint density at radius 1 is 1.53 bits per heavy atom. The van der Waals surface area contributed by atoms with Crippen LogP contribution in [0.3, 0.4) is 0 Å². The maximum absolute atomic E-state index is 9.82. The molecule has 3 N–H and O–H groups in total. The number of hydrogen-bond acceptors (Lipinski definition) is 5. The van der Waals surface area contributed by atoms with E-state index in [0.29, 0.717) is 13.1 Å². The van der Waals surface area contributed by atoms with Gasteiger partial charge in [-0.15, -0.1) is 0 Å². The molecule has 1 aromatic heterocycles. The first-order chi connectivity index (χ1) is 7.11. The molecule has 0 saturated carbocycles. The largest absolute Gasteiger partial charge is 0.388 e. The molecular weight excluding hydrogens is 192 g/mol. The molecule has 1 unspecified atom stereocenters. The van der Waals surface area contributed by atoms with Gasteiger partial charge in [-0.05, 0) is 13.3 Å². The maximum Gasteiger partial charge on any atom is 0.147 e. The smallest absolute Gasteiger partial charge is 0.147 e. The second kappa shape index (κ2) is 3.75. The Balaban J connectivity index is 2.11. The van der Waals surface area contributed by atoms with Crippen LogP contribution in [0.15, 0.2) is 12.4 Å². The fourth-order valence-electron chi connectivity index (χ4n) is 1.76. The summed E-state index contributed by atoms with van der Waals surface area (Å²) >= 11 is 0. The van der Waals surface area contributed by atoms with Crippen molar-refractivity contribution in [3.05, 3.63) is 18.1 Å². The van der Waals surface area contributed by atoms with Crippen LogP contribution in [0.4, 0.5) is 5.82 Å². The number of nitrogens with two attached hydrogens (primary N) is 1. The van der Waals surface area contributed by atoms with E-state index in [4.69, 9.17) is 5.73 Å². The molecule has 2 heterocycles. The zero-order valence-corrected chi connectivity index (χ0v) is 8.85. The third-order valence-electron chi connectivity index (χ3n) is 2.68. The van der Waals surface area contributed by atoms with Crippen molar-refractivity contribution in [2.75, 3.05) is 18.0 Å². The van der Waals surface area contributed by atoms with Gasteiger partial charge >= 0.3 is 0 Å². The van der Waals surface area contributed by atoms with E-state index in [0.717, 1.165) is 24.5 Å². The number of anilines is 1. The van der Waals surface area contributed by atoms with E-state index >= 15 is 0 Å². The fourth-order valence-corrected chi connectivity index (χ4v) is 1.76. The Bertz CT molecular complexity index is 336. The van der Waals surface area contributed by atoms with Crippen molar-refractivity contribution in [2.45, 2.75) is 25.5 Å². The molecule has 15 heavy (non-hydrogen) atoms. The quantitative estimate of drug-likeness (QED) is 0.709. The van der Waals surface area contributed by atoms with E-state index < -0.39 is 5.60 Å². The van der Waals surface area contributed by atoms with E-state index in [1.165, 1.54) is 0 Å². The topological polar surface area (TPSA) is 75.3 Å². The van der Waals surface area contributed by atoms with Gasteiger partial charge in [0.1, 0.15) is 5.82 Å². The molecule has 0 radical (unpaired) electrons. The number of β-amino-alcohol motifs (C(OH)–C–C–N with tert-alkyl or cyclic N) is 1. The van der Waals surface area contributed by atoms with Gasteiger partial charge < -0.3 is 15.7 Å². The predicted molar refractivity (Wildman–Crippen MR) is 57.4 cm³/mol. The minimum absolute atomic E-state index is 0.408. The van der Waals surface area contributed by atoms with Crippen LogP contribution < -0.4 is 10.6 Å². The molecule has 5 heteroatoms. The number of nitrogens with zero attached hydrogens (tertiary/aromatic N) is 3. The molecule has 0 aromatic carbocycles. The summed E-state index contributed by atoms with van der Waals surface area (Å²) in [6, 6.07) is 0. The Morgan fingerprint density at radius 3 is 2.80 bits per heavy atom. The Hall–Kier alpha value is -1.20. The fraction of sp³-hybridized carbons (Fsp3) is 0.600. The van der Waals surface area contributed by atoms with Gasteiger partial charge in [0.15, 0.2) is 0 Å². The summed E-state index contributed by atoms with van der Waals surface area (Å²) in [4.78, 5) is 10.5. The van der Waals surface area contributed by atoms with Gasteiger partial charge in [0.25, 0.3) is 0 Å².